The molecule has 1 saturated heterocycles. The van der Waals surface area contributed by atoms with Crippen molar-refractivity contribution in [3.8, 4) is 0 Å². The number of ether oxygens (including phenoxy) is 2. The van der Waals surface area contributed by atoms with Crippen LogP contribution in [0.1, 0.15) is 124 Å². The number of benzene rings is 2. The lowest BCUT2D eigenvalue weighted by Crippen LogP contribution is -2.41. The summed E-state index contributed by atoms with van der Waals surface area (Å²) in [5, 5.41) is 0. The van der Waals surface area contributed by atoms with Crippen LogP contribution in [0.5, 0.6) is 0 Å². The van der Waals surface area contributed by atoms with Crippen LogP contribution in [0.15, 0.2) is 28.7 Å². The number of aryl methyl sites for hydroxylation is 2. The van der Waals surface area contributed by atoms with Gasteiger partial charge in [0.1, 0.15) is 16.0 Å². The van der Waals surface area contributed by atoms with Crippen LogP contribution >= 0.6 is 39.1 Å². The van der Waals surface area contributed by atoms with Crippen molar-refractivity contribution in [2.75, 3.05) is 13.1 Å². The molecule has 5 rings (SSSR count). The van der Waals surface area contributed by atoms with E-state index in [4.69, 9.17) is 42.0 Å². The lowest BCUT2D eigenvalue weighted by molar-refractivity contribution is 0.00578. The first-order valence-electron chi connectivity index (χ1n) is 17.3. The molecular formula is C40H64BBrCl2N2O6. The molecule has 0 atom stereocenters. The zero-order valence-corrected chi connectivity index (χ0v) is 35.3. The van der Waals surface area contributed by atoms with Crippen molar-refractivity contribution in [3.63, 3.8) is 0 Å². The molecule has 0 saturated carbocycles. The number of hydrogen-bond donors (Lipinski definition) is 0. The second kappa shape index (κ2) is 18.6. The molecule has 3 aliphatic rings. The molecule has 0 aliphatic carbocycles. The van der Waals surface area contributed by atoms with E-state index in [1.54, 1.807) is 16.7 Å². The van der Waals surface area contributed by atoms with E-state index in [9.17, 15) is 9.59 Å². The van der Waals surface area contributed by atoms with Crippen molar-refractivity contribution in [1.29, 1.82) is 0 Å². The van der Waals surface area contributed by atoms with Crippen LogP contribution in [0, 0.1) is 13.8 Å². The van der Waals surface area contributed by atoms with Crippen LogP contribution in [-0.2, 0) is 44.7 Å². The van der Waals surface area contributed by atoms with Crippen LogP contribution < -0.4 is 5.46 Å². The van der Waals surface area contributed by atoms with Crippen molar-refractivity contribution in [1.82, 2.24) is 9.80 Å². The summed E-state index contributed by atoms with van der Waals surface area (Å²) in [5.74, 6) is 0. The summed E-state index contributed by atoms with van der Waals surface area (Å²) in [6.45, 7) is 28.1. The van der Waals surface area contributed by atoms with Crippen LogP contribution in [0.2, 0.25) is 0 Å². The van der Waals surface area contributed by atoms with E-state index >= 15 is 0 Å². The summed E-state index contributed by atoms with van der Waals surface area (Å²) in [6.07, 6.45) is 1.25. The fourth-order valence-corrected chi connectivity index (χ4v) is 6.52. The monoisotopic (exact) mass is 828 g/mol. The minimum atomic E-state index is -0.488. The number of nitrogens with zero attached hydrogens (tertiary/aromatic N) is 2. The van der Waals surface area contributed by atoms with E-state index in [0.29, 0.717) is 19.6 Å². The molecule has 0 aromatic heterocycles. The largest absolute Gasteiger partial charge is 0.494 e. The predicted molar refractivity (Wildman–Crippen MR) is 221 cm³/mol. The Bertz CT molecular complexity index is 1520. The predicted octanol–water partition coefficient (Wildman–Crippen LogP) is 10.7. The van der Waals surface area contributed by atoms with Crippen molar-refractivity contribution < 1.29 is 28.4 Å². The highest BCUT2D eigenvalue weighted by Gasteiger charge is 2.52. The standard InChI is InChI=1S/C21H32BNO4.C15H20BrNO2.C2H4Cl2.2CH4/c1-14-11-16(22-26-20(5,6)21(7,8)27-22)12-15-13-23(10-9-17(14)15)18(24)25-19(2,3)4;1-10-7-12(16)8-11-9-17(6-5-13(10)11)14(18)19-15(2,3)4;1-2(3)4;;/h11-12H,9-10,13H2,1-8H3;7-8H,5-6,9H2,1-4H3;2H,1H3;2*1H4. The van der Waals surface area contributed by atoms with E-state index < -0.39 is 18.3 Å². The summed E-state index contributed by atoms with van der Waals surface area (Å²) < 4.78 is 24.5. The maximum atomic E-state index is 12.5. The van der Waals surface area contributed by atoms with Crippen molar-refractivity contribution in [2.45, 2.75) is 158 Å². The second-order valence-corrected chi connectivity index (χ2v) is 18.7. The van der Waals surface area contributed by atoms with Gasteiger partial charge in [-0.1, -0.05) is 42.9 Å². The molecule has 8 nitrogen and oxygen atoms in total. The molecule has 3 heterocycles. The van der Waals surface area contributed by atoms with Crippen LogP contribution in [-0.4, -0.2) is 69.4 Å². The SMILES string of the molecule is C.C.CC(Cl)Cl.Cc1cc(B2OC(C)(C)C(C)(C)O2)cc2c1CCN(C(=O)OC(C)(C)C)C2.Cc1cc(Br)cc2c1CCN(C(=O)OC(C)(C)C)C2. The minimum absolute atomic E-state index is 0. The van der Waals surface area contributed by atoms with Gasteiger partial charge >= 0.3 is 19.3 Å². The average molecular weight is 831 g/mol. The number of carbonyl (C=O) groups excluding carboxylic acids is 2. The third-order valence-electron chi connectivity index (χ3n) is 8.93. The lowest BCUT2D eigenvalue weighted by atomic mass is 9.75. The molecular weight excluding hydrogens is 766 g/mol. The van der Waals surface area contributed by atoms with Gasteiger partial charge in [0.15, 0.2) is 0 Å². The third-order valence-corrected chi connectivity index (χ3v) is 9.39. The van der Waals surface area contributed by atoms with E-state index in [0.717, 1.165) is 34.9 Å². The van der Waals surface area contributed by atoms with Crippen LogP contribution in [0.4, 0.5) is 9.59 Å². The molecule has 52 heavy (non-hydrogen) atoms. The maximum absolute atomic E-state index is 12.5. The molecule has 3 aliphatic heterocycles. The zero-order valence-electron chi connectivity index (χ0n) is 32.2. The number of carbonyl (C=O) groups is 2. The Morgan fingerprint density at radius 2 is 1.13 bits per heavy atom. The smallest absolute Gasteiger partial charge is 0.444 e. The Kier molecular flexibility index (Phi) is 17.2. The molecule has 1 fully saturated rings. The van der Waals surface area contributed by atoms with Gasteiger partial charge in [0.05, 0.1) is 11.2 Å². The summed E-state index contributed by atoms with van der Waals surface area (Å²) in [4.78, 5) is 27.9. The zero-order chi connectivity index (χ0) is 38.0. The Morgan fingerprint density at radius 1 is 0.769 bits per heavy atom. The number of hydrogen-bond acceptors (Lipinski definition) is 6. The van der Waals surface area contributed by atoms with Gasteiger partial charge in [-0.3, -0.25) is 0 Å². The Morgan fingerprint density at radius 3 is 1.52 bits per heavy atom. The molecule has 12 heteroatoms. The molecule has 0 radical (unpaired) electrons. The molecule has 0 N–H and O–H groups in total. The van der Waals surface area contributed by atoms with Gasteiger partial charge in [0.25, 0.3) is 0 Å². The van der Waals surface area contributed by atoms with Crippen molar-refractivity contribution >= 4 is 63.9 Å². The second-order valence-electron chi connectivity index (χ2n) is 16.2. The van der Waals surface area contributed by atoms with Gasteiger partial charge in [0, 0.05) is 30.7 Å². The molecule has 0 unspecified atom stereocenters. The highest BCUT2D eigenvalue weighted by Crippen LogP contribution is 2.37. The molecule has 0 bridgehead atoms. The molecule has 294 valence electrons. The molecule has 2 amide bonds. The summed E-state index contributed by atoms with van der Waals surface area (Å²) in [6, 6.07) is 8.51. The van der Waals surface area contributed by atoms with Gasteiger partial charge in [-0.25, -0.2) is 9.59 Å². The molecule has 0 spiro atoms. The Hall–Kier alpha value is -1.98. The quantitative estimate of drug-likeness (QED) is 0.210. The van der Waals surface area contributed by atoms with E-state index in [1.165, 1.54) is 27.8 Å². The average Bonchev–Trinajstić information content (AvgIpc) is 3.16. The Balaban J connectivity index is 0.000000475. The fraction of sp³-hybridized carbons (Fsp3) is 0.650. The van der Waals surface area contributed by atoms with Gasteiger partial charge in [-0.05, 0) is 154 Å². The van der Waals surface area contributed by atoms with Crippen molar-refractivity contribution in [3.05, 3.63) is 62.1 Å². The van der Waals surface area contributed by atoms with Crippen molar-refractivity contribution in [2.24, 2.45) is 0 Å². The van der Waals surface area contributed by atoms with E-state index in [2.05, 4.69) is 81.7 Å². The first kappa shape index (κ1) is 48.0. The van der Waals surface area contributed by atoms with Gasteiger partial charge in [-0.15, -0.1) is 23.2 Å². The molecule has 2 aromatic rings. The number of halogens is 3. The topological polar surface area (TPSA) is 77.5 Å². The highest BCUT2D eigenvalue weighted by molar-refractivity contribution is 9.10. The fourth-order valence-electron chi connectivity index (χ4n) is 5.90. The third kappa shape index (κ3) is 13.4. The van der Waals surface area contributed by atoms with E-state index in [1.807, 2.05) is 41.5 Å². The van der Waals surface area contributed by atoms with Crippen LogP contribution in [0.25, 0.3) is 0 Å². The summed E-state index contributed by atoms with van der Waals surface area (Å²) in [5.41, 5.74) is 6.89. The van der Waals surface area contributed by atoms with E-state index in [-0.39, 0.29) is 43.1 Å². The number of fused-ring (bicyclic) bond motifs is 2. The molecule has 2 aromatic carbocycles. The highest BCUT2D eigenvalue weighted by atomic mass is 79.9. The lowest BCUT2D eigenvalue weighted by Gasteiger charge is -2.32. The van der Waals surface area contributed by atoms with Gasteiger partial charge < -0.3 is 28.6 Å². The summed E-state index contributed by atoms with van der Waals surface area (Å²) in [7, 11) is -0.393. The normalized spacial score (nSPS) is 17.2. The number of rotatable bonds is 1. The van der Waals surface area contributed by atoms with Gasteiger partial charge in [0.2, 0.25) is 0 Å². The maximum Gasteiger partial charge on any atom is 0.494 e. The Labute approximate surface area is 333 Å². The van der Waals surface area contributed by atoms with Crippen LogP contribution in [0.3, 0.4) is 0 Å². The minimum Gasteiger partial charge on any atom is -0.444 e. The summed E-state index contributed by atoms with van der Waals surface area (Å²) >= 11 is 13.6. The first-order chi connectivity index (χ1) is 22.8. The first-order valence-corrected chi connectivity index (χ1v) is 18.9. The van der Waals surface area contributed by atoms with Gasteiger partial charge in [-0.2, -0.15) is 0 Å². The number of amides is 2. The number of alkyl halides is 2.